The van der Waals surface area contributed by atoms with Gasteiger partial charge in [0.25, 0.3) is 0 Å². The molecule has 2 rings (SSSR count). The quantitative estimate of drug-likeness (QED) is 0.693. The van der Waals surface area contributed by atoms with E-state index >= 15 is 0 Å². The van der Waals surface area contributed by atoms with Gasteiger partial charge >= 0.3 is 0 Å². The molecule has 1 aromatic heterocycles. The molecule has 2 atom stereocenters. The van der Waals surface area contributed by atoms with Crippen LogP contribution in [0.2, 0.25) is 0 Å². The van der Waals surface area contributed by atoms with Crippen LogP contribution in [-0.4, -0.2) is 11.0 Å². The summed E-state index contributed by atoms with van der Waals surface area (Å²) in [6.07, 6.45) is 3.66. The topological polar surface area (TPSA) is 38.9 Å². The zero-order valence-electron chi connectivity index (χ0n) is 6.36. The minimum atomic E-state index is 0.358. The second-order valence-corrected chi connectivity index (χ2v) is 3.83. The summed E-state index contributed by atoms with van der Waals surface area (Å²) in [7, 11) is 0. The molecule has 1 saturated carbocycles. The molecule has 3 heteroatoms. The molecule has 0 amide bonds. The molecule has 2 unspecified atom stereocenters. The molecule has 0 aliphatic heterocycles. The lowest BCUT2D eigenvalue weighted by molar-refractivity contribution is 0.601. The number of hydrogen-bond donors (Lipinski definition) is 1. The van der Waals surface area contributed by atoms with Crippen LogP contribution in [0, 0.1) is 0 Å². The van der Waals surface area contributed by atoms with Crippen molar-refractivity contribution in [2.24, 2.45) is 5.73 Å². The highest BCUT2D eigenvalue weighted by atomic mass is 32.1. The Morgan fingerprint density at radius 3 is 3.00 bits per heavy atom. The number of nitrogens with two attached hydrogens (primary N) is 1. The van der Waals surface area contributed by atoms with E-state index in [-0.39, 0.29) is 0 Å². The first kappa shape index (κ1) is 7.25. The maximum Gasteiger partial charge on any atom is 0.0794 e. The molecule has 1 aromatic rings. The summed E-state index contributed by atoms with van der Waals surface area (Å²) in [5.41, 5.74) is 9.03. The standard InChI is InChI=1S/C8H12N2S/c9-7-3-1-2-6(7)8-4-11-5-10-8/h4-7H,1-3,9H2. The highest BCUT2D eigenvalue weighted by Crippen LogP contribution is 2.32. The second kappa shape index (κ2) is 2.91. The van der Waals surface area contributed by atoms with Crippen LogP contribution < -0.4 is 5.73 Å². The largest absolute Gasteiger partial charge is 0.327 e. The fourth-order valence-electron chi connectivity index (χ4n) is 1.76. The summed E-state index contributed by atoms with van der Waals surface area (Å²) in [5.74, 6) is 0.543. The molecule has 1 aliphatic rings. The van der Waals surface area contributed by atoms with Crippen molar-refractivity contribution in [1.82, 2.24) is 4.98 Å². The van der Waals surface area contributed by atoms with Crippen LogP contribution in [0.3, 0.4) is 0 Å². The van der Waals surface area contributed by atoms with Gasteiger partial charge in [-0.25, -0.2) is 4.98 Å². The van der Waals surface area contributed by atoms with E-state index in [1.807, 2.05) is 5.51 Å². The van der Waals surface area contributed by atoms with Crippen molar-refractivity contribution in [3.63, 3.8) is 0 Å². The molecule has 0 spiro atoms. The smallest absolute Gasteiger partial charge is 0.0794 e. The Balaban J connectivity index is 2.16. The van der Waals surface area contributed by atoms with E-state index in [1.165, 1.54) is 25.0 Å². The zero-order valence-corrected chi connectivity index (χ0v) is 7.18. The average Bonchev–Trinajstić information content (AvgIpc) is 2.55. The maximum atomic E-state index is 5.93. The molecule has 2 nitrogen and oxygen atoms in total. The third-order valence-electron chi connectivity index (χ3n) is 2.40. The number of nitrogens with zero attached hydrogens (tertiary/aromatic N) is 1. The van der Waals surface area contributed by atoms with E-state index in [9.17, 15) is 0 Å². The molecule has 11 heavy (non-hydrogen) atoms. The first-order valence-corrected chi connectivity index (χ1v) is 4.96. The van der Waals surface area contributed by atoms with Gasteiger partial charge in [0.15, 0.2) is 0 Å². The van der Waals surface area contributed by atoms with Crippen molar-refractivity contribution in [1.29, 1.82) is 0 Å². The van der Waals surface area contributed by atoms with Crippen LogP contribution in [0.1, 0.15) is 30.9 Å². The third-order valence-corrected chi connectivity index (χ3v) is 3.01. The molecule has 60 valence electrons. The number of aromatic nitrogens is 1. The van der Waals surface area contributed by atoms with E-state index in [1.54, 1.807) is 11.3 Å². The van der Waals surface area contributed by atoms with Crippen LogP contribution in [0.25, 0.3) is 0 Å². The number of hydrogen-bond acceptors (Lipinski definition) is 3. The summed E-state index contributed by atoms with van der Waals surface area (Å²) in [4.78, 5) is 4.29. The van der Waals surface area contributed by atoms with Gasteiger partial charge in [-0.2, -0.15) is 0 Å². The Hall–Kier alpha value is -0.410. The SMILES string of the molecule is NC1CCCC1c1cscn1. The summed E-state index contributed by atoms with van der Waals surface area (Å²) in [6.45, 7) is 0. The van der Waals surface area contributed by atoms with Crippen molar-refractivity contribution in [3.05, 3.63) is 16.6 Å². The van der Waals surface area contributed by atoms with Gasteiger partial charge in [0.2, 0.25) is 0 Å². The van der Waals surface area contributed by atoms with Crippen LogP contribution >= 0.6 is 11.3 Å². The van der Waals surface area contributed by atoms with Crippen LogP contribution in [-0.2, 0) is 0 Å². The minimum absolute atomic E-state index is 0.358. The predicted octanol–water partition coefficient (Wildman–Crippen LogP) is 1.74. The summed E-state index contributed by atoms with van der Waals surface area (Å²) >= 11 is 1.66. The van der Waals surface area contributed by atoms with Gasteiger partial charge in [-0.05, 0) is 12.8 Å². The van der Waals surface area contributed by atoms with E-state index in [0.29, 0.717) is 12.0 Å². The molecular formula is C8H12N2S. The van der Waals surface area contributed by atoms with Gasteiger partial charge in [-0.3, -0.25) is 0 Å². The van der Waals surface area contributed by atoms with Crippen molar-refractivity contribution >= 4 is 11.3 Å². The van der Waals surface area contributed by atoms with Crippen LogP contribution in [0.5, 0.6) is 0 Å². The summed E-state index contributed by atoms with van der Waals surface area (Å²) in [5, 5.41) is 2.12. The summed E-state index contributed by atoms with van der Waals surface area (Å²) in [6, 6.07) is 0.358. The van der Waals surface area contributed by atoms with Crippen LogP contribution in [0.15, 0.2) is 10.9 Å². The lowest BCUT2D eigenvalue weighted by Gasteiger charge is -2.11. The van der Waals surface area contributed by atoms with Crippen LogP contribution in [0.4, 0.5) is 0 Å². The van der Waals surface area contributed by atoms with Crippen molar-refractivity contribution < 1.29 is 0 Å². The first-order valence-electron chi connectivity index (χ1n) is 4.01. The van der Waals surface area contributed by atoms with Gasteiger partial charge in [0, 0.05) is 17.3 Å². The molecule has 0 radical (unpaired) electrons. The van der Waals surface area contributed by atoms with Gasteiger partial charge in [-0.1, -0.05) is 6.42 Å². The Morgan fingerprint density at radius 1 is 1.55 bits per heavy atom. The van der Waals surface area contributed by atoms with Crippen molar-refractivity contribution in [2.75, 3.05) is 0 Å². The van der Waals surface area contributed by atoms with Crippen molar-refractivity contribution in [2.45, 2.75) is 31.2 Å². The van der Waals surface area contributed by atoms with Gasteiger partial charge in [0.1, 0.15) is 0 Å². The fourth-order valence-corrected chi connectivity index (χ4v) is 2.38. The monoisotopic (exact) mass is 168 g/mol. The lowest BCUT2D eigenvalue weighted by Crippen LogP contribution is -2.22. The predicted molar refractivity (Wildman–Crippen MR) is 46.7 cm³/mol. The fraction of sp³-hybridized carbons (Fsp3) is 0.625. The van der Waals surface area contributed by atoms with Gasteiger partial charge in [-0.15, -0.1) is 11.3 Å². The van der Waals surface area contributed by atoms with E-state index < -0.39 is 0 Å². The molecule has 0 aromatic carbocycles. The second-order valence-electron chi connectivity index (χ2n) is 3.11. The normalized spacial score (nSPS) is 31.0. The molecule has 0 saturated heterocycles. The Labute approximate surface area is 70.5 Å². The molecule has 2 N–H and O–H groups in total. The molecule has 1 aliphatic carbocycles. The van der Waals surface area contributed by atoms with E-state index in [0.717, 1.165) is 0 Å². The molecule has 0 bridgehead atoms. The molecule has 1 fully saturated rings. The highest BCUT2D eigenvalue weighted by Gasteiger charge is 2.26. The average molecular weight is 168 g/mol. The maximum absolute atomic E-state index is 5.93. The first-order chi connectivity index (χ1) is 5.38. The lowest BCUT2D eigenvalue weighted by atomic mass is 10.0. The Kier molecular flexibility index (Phi) is 1.92. The number of thiazole rings is 1. The highest BCUT2D eigenvalue weighted by molar-refractivity contribution is 7.07. The Bertz CT molecular complexity index is 220. The third kappa shape index (κ3) is 1.30. The van der Waals surface area contributed by atoms with Gasteiger partial charge in [0.05, 0.1) is 11.2 Å². The molecule has 1 heterocycles. The Morgan fingerprint density at radius 2 is 2.45 bits per heavy atom. The summed E-state index contributed by atoms with van der Waals surface area (Å²) < 4.78 is 0. The van der Waals surface area contributed by atoms with Gasteiger partial charge < -0.3 is 5.73 Å². The number of rotatable bonds is 1. The minimum Gasteiger partial charge on any atom is -0.327 e. The zero-order chi connectivity index (χ0) is 7.68. The van der Waals surface area contributed by atoms with E-state index in [2.05, 4.69) is 10.4 Å². The molecular weight excluding hydrogens is 156 g/mol. The van der Waals surface area contributed by atoms with Crippen molar-refractivity contribution in [3.8, 4) is 0 Å². The van der Waals surface area contributed by atoms with E-state index in [4.69, 9.17) is 5.73 Å².